The maximum Gasteiger partial charge on any atom is -0.0286 e. The van der Waals surface area contributed by atoms with Crippen molar-refractivity contribution in [2.45, 2.75) is 40.5 Å². The molecule has 0 unspecified atom stereocenters. The van der Waals surface area contributed by atoms with E-state index in [2.05, 4.69) is 27.7 Å². The van der Waals surface area contributed by atoms with Crippen LogP contribution in [0.2, 0.25) is 0 Å². The fourth-order valence-corrected chi connectivity index (χ4v) is 1.68. The largest absolute Gasteiger partial charge is 0.0741 e. The van der Waals surface area contributed by atoms with Crippen molar-refractivity contribution in [3.63, 3.8) is 0 Å². The zero-order valence-electron chi connectivity index (χ0n) is 7.57. The first-order chi connectivity index (χ1) is 4.61. The standard InChI is InChI=1S/C10H18/c1-7(2)10-5-8(3)9(4)6-10/h7,10H,5-6H2,1-4H3. The van der Waals surface area contributed by atoms with Gasteiger partial charge < -0.3 is 0 Å². The van der Waals surface area contributed by atoms with Gasteiger partial charge in [0.05, 0.1) is 0 Å². The predicted octanol–water partition coefficient (Wildman–Crippen LogP) is 3.39. The molecular weight excluding hydrogens is 120 g/mol. The summed E-state index contributed by atoms with van der Waals surface area (Å²) < 4.78 is 0. The lowest BCUT2D eigenvalue weighted by Crippen LogP contribution is -2.03. The van der Waals surface area contributed by atoms with Gasteiger partial charge >= 0.3 is 0 Å². The Morgan fingerprint density at radius 1 is 1.10 bits per heavy atom. The van der Waals surface area contributed by atoms with Crippen LogP contribution in [-0.2, 0) is 0 Å². The molecule has 0 aromatic carbocycles. The predicted molar refractivity (Wildman–Crippen MR) is 45.9 cm³/mol. The molecule has 0 amide bonds. The molecule has 1 aliphatic rings. The molecule has 0 aromatic heterocycles. The average molecular weight is 138 g/mol. The minimum absolute atomic E-state index is 0.868. The summed E-state index contributed by atoms with van der Waals surface area (Å²) in [6.45, 7) is 9.21. The number of allylic oxidation sites excluding steroid dienone is 2. The third kappa shape index (κ3) is 1.42. The Kier molecular flexibility index (Phi) is 2.18. The summed E-state index contributed by atoms with van der Waals surface area (Å²) in [4.78, 5) is 0. The van der Waals surface area contributed by atoms with Crippen molar-refractivity contribution >= 4 is 0 Å². The lowest BCUT2D eigenvalue weighted by atomic mass is 9.92. The fourth-order valence-electron chi connectivity index (χ4n) is 1.68. The van der Waals surface area contributed by atoms with Gasteiger partial charge in [0.2, 0.25) is 0 Å². The van der Waals surface area contributed by atoms with Crippen molar-refractivity contribution in [2.24, 2.45) is 11.8 Å². The van der Waals surface area contributed by atoms with Gasteiger partial charge in [-0.05, 0) is 38.5 Å². The smallest absolute Gasteiger partial charge is 0.0286 e. The van der Waals surface area contributed by atoms with Gasteiger partial charge in [-0.2, -0.15) is 0 Å². The zero-order valence-corrected chi connectivity index (χ0v) is 7.57. The van der Waals surface area contributed by atoms with E-state index in [-0.39, 0.29) is 0 Å². The highest BCUT2D eigenvalue weighted by Crippen LogP contribution is 2.35. The number of rotatable bonds is 1. The van der Waals surface area contributed by atoms with Crippen LogP contribution in [0.3, 0.4) is 0 Å². The van der Waals surface area contributed by atoms with Gasteiger partial charge in [-0.15, -0.1) is 0 Å². The number of hydrogen-bond donors (Lipinski definition) is 0. The maximum atomic E-state index is 2.33. The molecule has 0 aliphatic heterocycles. The highest BCUT2D eigenvalue weighted by Gasteiger charge is 2.21. The second kappa shape index (κ2) is 2.77. The first-order valence-electron chi connectivity index (χ1n) is 4.26. The van der Waals surface area contributed by atoms with Crippen molar-refractivity contribution < 1.29 is 0 Å². The van der Waals surface area contributed by atoms with Crippen LogP contribution in [0.15, 0.2) is 11.1 Å². The van der Waals surface area contributed by atoms with Crippen LogP contribution in [0.25, 0.3) is 0 Å². The molecular formula is C10H18. The van der Waals surface area contributed by atoms with Crippen molar-refractivity contribution in [3.05, 3.63) is 11.1 Å². The molecule has 0 spiro atoms. The lowest BCUT2D eigenvalue weighted by molar-refractivity contribution is 0.401. The van der Waals surface area contributed by atoms with E-state index in [1.807, 2.05) is 0 Å². The second-order valence-corrected chi connectivity index (χ2v) is 3.97. The molecule has 0 aromatic rings. The highest BCUT2D eigenvalue weighted by atomic mass is 14.3. The van der Waals surface area contributed by atoms with Crippen LogP contribution < -0.4 is 0 Å². The molecule has 0 nitrogen and oxygen atoms in total. The van der Waals surface area contributed by atoms with E-state index in [4.69, 9.17) is 0 Å². The Hall–Kier alpha value is -0.260. The first-order valence-corrected chi connectivity index (χ1v) is 4.26. The maximum absolute atomic E-state index is 2.33. The van der Waals surface area contributed by atoms with Crippen LogP contribution in [0.4, 0.5) is 0 Å². The molecule has 58 valence electrons. The molecule has 0 radical (unpaired) electrons. The fraction of sp³-hybridized carbons (Fsp3) is 0.800. The summed E-state index contributed by atoms with van der Waals surface area (Å²) in [7, 11) is 0. The topological polar surface area (TPSA) is 0 Å². The third-order valence-corrected chi connectivity index (χ3v) is 2.81. The molecule has 0 heterocycles. The van der Waals surface area contributed by atoms with E-state index in [0.29, 0.717) is 0 Å². The Morgan fingerprint density at radius 2 is 1.50 bits per heavy atom. The summed E-state index contributed by atoms with van der Waals surface area (Å²) in [6, 6.07) is 0. The summed E-state index contributed by atoms with van der Waals surface area (Å²) in [5, 5.41) is 0. The minimum atomic E-state index is 0.868. The van der Waals surface area contributed by atoms with Gasteiger partial charge in [0, 0.05) is 0 Å². The van der Waals surface area contributed by atoms with E-state index in [1.165, 1.54) is 12.8 Å². The molecule has 0 fully saturated rings. The van der Waals surface area contributed by atoms with Crippen molar-refractivity contribution in [1.82, 2.24) is 0 Å². The monoisotopic (exact) mass is 138 g/mol. The zero-order chi connectivity index (χ0) is 7.72. The van der Waals surface area contributed by atoms with E-state index in [1.54, 1.807) is 11.1 Å². The Morgan fingerprint density at radius 3 is 1.70 bits per heavy atom. The van der Waals surface area contributed by atoms with Crippen LogP contribution >= 0.6 is 0 Å². The number of hydrogen-bond acceptors (Lipinski definition) is 0. The van der Waals surface area contributed by atoms with Crippen LogP contribution in [-0.4, -0.2) is 0 Å². The summed E-state index contributed by atoms with van der Waals surface area (Å²) in [5.74, 6) is 1.81. The van der Waals surface area contributed by atoms with Crippen LogP contribution in [0, 0.1) is 11.8 Å². The third-order valence-electron chi connectivity index (χ3n) is 2.81. The molecule has 0 saturated carbocycles. The quantitative estimate of drug-likeness (QED) is 0.487. The highest BCUT2D eigenvalue weighted by molar-refractivity contribution is 5.17. The summed E-state index contributed by atoms with van der Waals surface area (Å²) in [6.07, 6.45) is 2.70. The molecule has 1 aliphatic carbocycles. The lowest BCUT2D eigenvalue weighted by Gasteiger charge is -2.13. The van der Waals surface area contributed by atoms with E-state index in [9.17, 15) is 0 Å². The molecule has 0 heteroatoms. The van der Waals surface area contributed by atoms with Crippen LogP contribution in [0.5, 0.6) is 0 Å². The average Bonchev–Trinajstić information content (AvgIpc) is 2.13. The van der Waals surface area contributed by atoms with E-state index < -0.39 is 0 Å². The Balaban J connectivity index is 2.51. The Bertz CT molecular complexity index is 137. The summed E-state index contributed by atoms with van der Waals surface area (Å²) in [5.41, 5.74) is 3.28. The van der Waals surface area contributed by atoms with Crippen molar-refractivity contribution in [2.75, 3.05) is 0 Å². The van der Waals surface area contributed by atoms with Gasteiger partial charge in [0.25, 0.3) is 0 Å². The first kappa shape index (κ1) is 7.84. The van der Waals surface area contributed by atoms with E-state index >= 15 is 0 Å². The molecule has 0 saturated heterocycles. The SMILES string of the molecule is CC1=C(C)CC(C(C)C)C1. The molecule has 10 heavy (non-hydrogen) atoms. The molecule has 0 N–H and O–H groups in total. The second-order valence-electron chi connectivity index (χ2n) is 3.97. The van der Waals surface area contributed by atoms with Crippen molar-refractivity contribution in [3.8, 4) is 0 Å². The molecule has 0 atom stereocenters. The van der Waals surface area contributed by atoms with Crippen LogP contribution in [0.1, 0.15) is 40.5 Å². The van der Waals surface area contributed by atoms with Crippen molar-refractivity contribution in [1.29, 1.82) is 0 Å². The normalized spacial score (nSPS) is 21.3. The molecule has 0 bridgehead atoms. The van der Waals surface area contributed by atoms with Gasteiger partial charge in [0.15, 0.2) is 0 Å². The van der Waals surface area contributed by atoms with E-state index in [0.717, 1.165) is 11.8 Å². The van der Waals surface area contributed by atoms with Gasteiger partial charge in [-0.25, -0.2) is 0 Å². The minimum Gasteiger partial charge on any atom is -0.0741 e. The Labute approximate surface area is 64.3 Å². The van der Waals surface area contributed by atoms with Gasteiger partial charge in [-0.1, -0.05) is 25.0 Å². The van der Waals surface area contributed by atoms with Gasteiger partial charge in [0.1, 0.15) is 0 Å². The van der Waals surface area contributed by atoms with Gasteiger partial charge in [-0.3, -0.25) is 0 Å². The summed E-state index contributed by atoms with van der Waals surface area (Å²) >= 11 is 0. The molecule has 1 rings (SSSR count).